The summed E-state index contributed by atoms with van der Waals surface area (Å²) in [7, 11) is 1.42. The minimum atomic E-state index is -1.04. The first kappa shape index (κ1) is 15.9. The van der Waals surface area contributed by atoms with E-state index in [1.165, 1.54) is 36.2 Å². The molecule has 0 saturated carbocycles. The first-order valence-corrected chi connectivity index (χ1v) is 6.46. The van der Waals surface area contributed by atoms with Gasteiger partial charge in [0.1, 0.15) is 11.5 Å². The number of nitrogens with zero attached hydrogens (tertiary/aromatic N) is 2. The first-order chi connectivity index (χ1) is 10.4. The Morgan fingerprint density at radius 1 is 1.14 bits per heavy atom. The van der Waals surface area contributed by atoms with Crippen LogP contribution >= 0.6 is 0 Å². The van der Waals surface area contributed by atoms with E-state index in [-0.39, 0.29) is 17.8 Å². The predicted octanol–water partition coefficient (Wildman–Crippen LogP) is 3.15. The van der Waals surface area contributed by atoms with E-state index >= 15 is 0 Å². The lowest BCUT2D eigenvalue weighted by Crippen LogP contribution is -2.26. The van der Waals surface area contributed by atoms with E-state index < -0.39 is 23.6 Å². The van der Waals surface area contributed by atoms with E-state index in [4.69, 9.17) is 5.26 Å². The van der Waals surface area contributed by atoms with E-state index in [9.17, 15) is 18.3 Å². The number of hydrogen-bond donors (Lipinski definition) is 1. The number of nitriles is 1. The minimum Gasteiger partial charge on any atom is -0.387 e. The molecule has 6 heteroatoms. The molecule has 2 rings (SSSR count). The third kappa shape index (κ3) is 3.38. The molecule has 22 heavy (non-hydrogen) atoms. The molecule has 0 heterocycles. The van der Waals surface area contributed by atoms with Crippen LogP contribution in [-0.2, 0) is 0 Å². The SMILES string of the molecule is CN(C[C@@H](O)c1ccc(F)cc1)c1c(F)cc(C#N)cc1F. The van der Waals surface area contributed by atoms with Gasteiger partial charge >= 0.3 is 0 Å². The van der Waals surface area contributed by atoms with Crippen LogP contribution in [0.3, 0.4) is 0 Å². The molecule has 0 aliphatic rings. The quantitative estimate of drug-likeness (QED) is 0.944. The zero-order valence-electron chi connectivity index (χ0n) is 11.7. The third-order valence-corrected chi connectivity index (χ3v) is 3.23. The summed E-state index contributed by atoms with van der Waals surface area (Å²) in [6.45, 7) is -0.0919. The summed E-state index contributed by atoms with van der Waals surface area (Å²) in [5, 5.41) is 18.7. The van der Waals surface area contributed by atoms with E-state index in [1.807, 2.05) is 0 Å². The van der Waals surface area contributed by atoms with Crippen molar-refractivity contribution in [3.05, 3.63) is 65.0 Å². The summed E-state index contributed by atoms with van der Waals surface area (Å²) in [5.74, 6) is -2.20. The van der Waals surface area contributed by atoms with Gasteiger partial charge in [0.15, 0.2) is 11.6 Å². The molecule has 0 aromatic heterocycles. The summed E-state index contributed by atoms with van der Waals surface area (Å²) in [5.41, 5.74) is -0.0193. The maximum absolute atomic E-state index is 13.9. The Kier molecular flexibility index (Phi) is 4.68. The Hall–Kier alpha value is -2.52. The molecule has 0 amide bonds. The van der Waals surface area contributed by atoms with Gasteiger partial charge in [-0.3, -0.25) is 0 Å². The topological polar surface area (TPSA) is 47.3 Å². The normalized spacial score (nSPS) is 11.8. The van der Waals surface area contributed by atoms with Crippen LogP contribution in [0.4, 0.5) is 18.9 Å². The van der Waals surface area contributed by atoms with E-state index in [0.717, 1.165) is 12.1 Å². The second-order valence-electron chi connectivity index (χ2n) is 4.85. The molecule has 0 aliphatic carbocycles. The van der Waals surface area contributed by atoms with Crippen molar-refractivity contribution in [3.8, 4) is 6.07 Å². The van der Waals surface area contributed by atoms with Crippen molar-refractivity contribution >= 4 is 5.69 Å². The molecule has 0 spiro atoms. The molecule has 0 aliphatic heterocycles. The largest absolute Gasteiger partial charge is 0.387 e. The lowest BCUT2D eigenvalue weighted by atomic mass is 10.1. The van der Waals surface area contributed by atoms with Gasteiger partial charge < -0.3 is 10.0 Å². The fourth-order valence-electron chi connectivity index (χ4n) is 2.14. The highest BCUT2D eigenvalue weighted by molar-refractivity contribution is 5.52. The van der Waals surface area contributed by atoms with Crippen molar-refractivity contribution in [2.75, 3.05) is 18.5 Å². The van der Waals surface area contributed by atoms with Gasteiger partial charge in [-0.2, -0.15) is 5.26 Å². The predicted molar refractivity (Wildman–Crippen MR) is 75.7 cm³/mol. The Balaban J connectivity index is 2.20. The lowest BCUT2D eigenvalue weighted by molar-refractivity contribution is 0.184. The number of halogens is 3. The zero-order chi connectivity index (χ0) is 16.3. The molecule has 0 fully saturated rings. The zero-order valence-corrected chi connectivity index (χ0v) is 11.7. The lowest BCUT2D eigenvalue weighted by Gasteiger charge is -2.24. The number of hydrogen-bond acceptors (Lipinski definition) is 3. The molecule has 2 aromatic carbocycles. The highest BCUT2D eigenvalue weighted by atomic mass is 19.1. The van der Waals surface area contributed by atoms with Crippen LogP contribution in [0.15, 0.2) is 36.4 Å². The second-order valence-corrected chi connectivity index (χ2v) is 4.85. The molecule has 0 unspecified atom stereocenters. The summed E-state index contributed by atoms with van der Waals surface area (Å²) < 4.78 is 40.6. The molecule has 114 valence electrons. The van der Waals surface area contributed by atoms with Crippen LogP contribution < -0.4 is 4.90 Å². The highest BCUT2D eigenvalue weighted by Gasteiger charge is 2.18. The van der Waals surface area contributed by atoms with Gasteiger partial charge in [-0.05, 0) is 29.8 Å². The van der Waals surface area contributed by atoms with Crippen LogP contribution in [0, 0.1) is 28.8 Å². The van der Waals surface area contributed by atoms with Crippen LogP contribution in [0.25, 0.3) is 0 Å². The summed E-state index contributed by atoms with van der Waals surface area (Å²) in [6.07, 6.45) is -1.04. The molecular formula is C16H13F3N2O. The van der Waals surface area contributed by atoms with E-state index in [2.05, 4.69) is 0 Å². The standard InChI is InChI=1S/C16H13F3N2O/c1-21(9-15(22)11-2-4-12(17)5-3-11)16-13(18)6-10(8-20)7-14(16)19/h2-7,15,22H,9H2,1H3/t15-/m1/s1. The summed E-state index contributed by atoms with van der Waals surface area (Å²) in [4.78, 5) is 1.21. The number of benzene rings is 2. The molecule has 2 aromatic rings. The smallest absolute Gasteiger partial charge is 0.150 e. The van der Waals surface area contributed by atoms with Crippen molar-refractivity contribution in [2.24, 2.45) is 0 Å². The number of anilines is 1. The average molecular weight is 306 g/mol. The van der Waals surface area contributed by atoms with Crippen molar-refractivity contribution in [3.63, 3.8) is 0 Å². The monoisotopic (exact) mass is 306 g/mol. The van der Waals surface area contributed by atoms with Crippen LogP contribution in [-0.4, -0.2) is 18.7 Å². The Bertz CT molecular complexity index is 687. The van der Waals surface area contributed by atoms with Crippen LogP contribution in [0.5, 0.6) is 0 Å². The molecular weight excluding hydrogens is 293 g/mol. The number of aliphatic hydroxyl groups is 1. The first-order valence-electron chi connectivity index (χ1n) is 6.46. The summed E-state index contributed by atoms with van der Waals surface area (Å²) >= 11 is 0. The Morgan fingerprint density at radius 2 is 1.68 bits per heavy atom. The van der Waals surface area contributed by atoms with Crippen molar-refractivity contribution in [2.45, 2.75) is 6.10 Å². The number of rotatable bonds is 4. The third-order valence-electron chi connectivity index (χ3n) is 3.23. The van der Waals surface area contributed by atoms with Gasteiger partial charge in [0.25, 0.3) is 0 Å². The number of aliphatic hydroxyl groups excluding tert-OH is 1. The second kappa shape index (κ2) is 6.50. The van der Waals surface area contributed by atoms with Gasteiger partial charge in [-0.15, -0.1) is 0 Å². The van der Waals surface area contributed by atoms with E-state index in [0.29, 0.717) is 5.56 Å². The van der Waals surface area contributed by atoms with Gasteiger partial charge in [-0.25, -0.2) is 13.2 Å². The maximum atomic E-state index is 13.9. The fraction of sp³-hybridized carbons (Fsp3) is 0.188. The van der Waals surface area contributed by atoms with Crippen LogP contribution in [0.2, 0.25) is 0 Å². The fourth-order valence-corrected chi connectivity index (χ4v) is 2.14. The average Bonchev–Trinajstić information content (AvgIpc) is 2.46. The maximum Gasteiger partial charge on any atom is 0.150 e. The van der Waals surface area contributed by atoms with Gasteiger partial charge in [0, 0.05) is 13.6 Å². The molecule has 3 nitrogen and oxygen atoms in total. The van der Waals surface area contributed by atoms with Gasteiger partial charge in [0.05, 0.1) is 17.7 Å². The molecule has 0 bridgehead atoms. The molecule has 1 N–H and O–H groups in total. The Morgan fingerprint density at radius 3 is 2.18 bits per heavy atom. The summed E-state index contributed by atoms with van der Waals surface area (Å²) in [6, 6.07) is 8.72. The van der Waals surface area contributed by atoms with Gasteiger partial charge in [-0.1, -0.05) is 12.1 Å². The highest BCUT2D eigenvalue weighted by Crippen LogP contribution is 2.26. The van der Waals surface area contributed by atoms with Crippen LogP contribution in [0.1, 0.15) is 17.2 Å². The van der Waals surface area contributed by atoms with Gasteiger partial charge in [0.2, 0.25) is 0 Å². The molecule has 0 saturated heterocycles. The van der Waals surface area contributed by atoms with Crippen molar-refractivity contribution < 1.29 is 18.3 Å². The molecule has 0 radical (unpaired) electrons. The minimum absolute atomic E-state index is 0.0919. The molecule has 1 atom stereocenters. The number of likely N-dealkylation sites (N-methyl/N-ethyl adjacent to an activating group) is 1. The van der Waals surface area contributed by atoms with Crippen molar-refractivity contribution in [1.29, 1.82) is 5.26 Å². The van der Waals surface area contributed by atoms with E-state index in [1.54, 1.807) is 6.07 Å². The Labute approximate surface area is 125 Å². The van der Waals surface area contributed by atoms with Crippen molar-refractivity contribution in [1.82, 2.24) is 0 Å².